The summed E-state index contributed by atoms with van der Waals surface area (Å²) >= 11 is 0. The Bertz CT molecular complexity index is 1420. The van der Waals surface area contributed by atoms with Gasteiger partial charge in [-0.1, -0.05) is 61.4 Å². The van der Waals surface area contributed by atoms with Crippen molar-refractivity contribution in [2.75, 3.05) is 28.2 Å². The zero-order valence-corrected chi connectivity index (χ0v) is 25.0. The molecule has 0 bridgehead atoms. The lowest BCUT2D eigenvalue weighted by Gasteiger charge is -2.36. The van der Waals surface area contributed by atoms with Crippen molar-refractivity contribution in [2.45, 2.75) is 70.1 Å². The number of nitrogens with one attached hydrogen (secondary N) is 2. The van der Waals surface area contributed by atoms with Gasteiger partial charge in [-0.3, -0.25) is 24.4 Å². The topological polar surface area (TPSA) is 119 Å². The summed E-state index contributed by atoms with van der Waals surface area (Å²) in [5.41, 5.74) is 6.75. The molecule has 0 fully saturated rings. The molecule has 0 spiro atoms. The highest BCUT2D eigenvalue weighted by molar-refractivity contribution is 6.17. The number of anilines is 3. The molecule has 0 saturated carbocycles. The van der Waals surface area contributed by atoms with Gasteiger partial charge in [-0.05, 0) is 79.5 Å². The van der Waals surface area contributed by atoms with Crippen LogP contribution in [-0.2, 0) is 32.0 Å². The molecule has 2 aliphatic heterocycles. The van der Waals surface area contributed by atoms with Crippen LogP contribution < -0.4 is 20.6 Å². The zero-order valence-electron chi connectivity index (χ0n) is 25.0. The predicted octanol–water partition coefficient (Wildman–Crippen LogP) is 5.51. The van der Waals surface area contributed by atoms with Crippen LogP contribution in [0.25, 0.3) is 0 Å². The Labute approximate surface area is 258 Å². The Balaban J connectivity index is 1.31. The second kappa shape index (κ2) is 14.8. The third-order valence-electron chi connectivity index (χ3n) is 8.46. The standard InChI is InChI=1S/C35H40N4O5/c40-31(17-3-1-2-4-18-32(41)37-44)36-28-21-19-27(20-22-28)33(34(42)38-23-9-13-25-11-5-7-15-29(25)38)35(43)39-24-10-14-26-12-6-8-16-30(26)39/h5-8,11-12,15-16,19-22,33,44H,1-4,9-10,13-14,17-18,23-24H2,(H,36,40)(H,37,41). The molecule has 3 N–H and O–H groups in total. The van der Waals surface area contributed by atoms with E-state index in [-0.39, 0.29) is 24.1 Å². The normalized spacial score (nSPS) is 14.0. The first-order chi connectivity index (χ1) is 21.5. The summed E-state index contributed by atoms with van der Waals surface area (Å²) < 4.78 is 0. The molecule has 9 heteroatoms. The van der Waals surface area contributed by atoms with E-state index in [1.54, 1.807) is 39.5 Å². The third-order valence-corrected chi connectivity index (χ3v) is 8.46. The van der Waals surface area contributed by atoms with Gasteiger partial charge in [0.25, 0.3) is 0 Å². The SMILES string of the molecule is O=C(CCCCCCC(=O)Nc1ccc(C(C(=O)N2CCCc3ccccc32)C(=O)N2CCCc3ccccc32)cc1)NO. The van der Waals surface area contributed by atoms with Gasteiger partial charge < -0.3 is 15.1 Å². The van der Waals surface area contributed by atoms with E-state index in [0.717, 1.165) is 61.0 Å². The lowest BCUT2D eigenvalue weighted by molar-refractivity contribution is -0.130. The number of carbonyl (C=O) groups excluding carboxylic acids is 4. The lowest BCUT2D eigenvalue weighted by Crippen LogP contribution is -2.47. The minimum Gasteiger partial charge on any atom is -0.326 e. The number of carbonyl (C=O) groups is 4. The number of unbranched alkanes of at least 4 members (excludes halogenated alkanes) is 3. The maximum Gasteiger partial charge on any atom is 0.244 e. The van der Waals surface area contributed by atoms with E-state index in [0.29, 0.717) is 43.6 Å². The van der Waals surface area contributed by atoms with Gasteiger partial charge in [0.1, 0.15) is 5.92 Å². The molecule has 2 aliphatic rings. The maximum atomic E-state index is 14.3. The fourth-order valence-corrected chi connectivity index (χ4v) is 6.19. The van der Waals surface area contributed by atoms with Gasteiger partial charge >= 0.3 is 0 Å². The van der Waals surface area contributed by atoms with Crippen LogP contribution in [-0.4, -0.2) is 41.9 Å². The zero-order chi connectivity index (χ0) is 30.9. The number of benzene rings is 3. The molecule has 2 heterocycles. The number of aryl methyl sites for hydroxylation is 2. The third kappa shape index (κ3) is 7.34. The van der Waals surface area contributed by atoms with Gasteiger partial charge in [0.2, 0.25) is 23.6 Å². The number of hydrogen-bond acceptors (Lipinski definition) is 5. The van der Waals surface area contributed by atoms with E-state index in [2.05, 4.69) is 5.32 Å². The second-order valence-electron chi connectivity index (χ2n) is 11.5. The van der Waals surface area contributed by atoms with Crippen molar-refractivity contribution in [1.82, 2.24) is 5.48 Å². The van der Waals surface area contributed by atoms with Crippen LogP contribution in [0.1, 0.15) is 74.0 Å². The first kappa shape index (κ1) is 30.9. The number of nitrogens with zero attached hydrogens (tertiary/aromatic N) is 2. The molecule has 0 saturated heterocycles. The van der Waals surface area contributed by atoms with E-state index < -0.39 is 11.8 Å². The maximum absolute atomic E-state index is 14.3. The first-order valence-electron chi connectivity index (χ1n) is 15.6. The second-order valence-corrected chi connectivity index (χ2v) is 11.5. The number of rotatable bonds is 11. The van der Waals surface area contributed by atoms with Crippen molar-refractivity contribution >= 4 is 40.7 Å². The highest BCUT2D eigenvalue weighted by Gasteiger charge is 2.38. The van der Waals surface area contributed by atoms with Crippen LogP contribution in [0, 0.1) is 0 Å². The van der Waals surface area contributed by atoms with E-state index in [4.69, 9.17) is 5.21 Å². The molecule has 0 aliphatic carbocycles. The smallest absolute Gasteiger partial charge is 0.244 e. The molecule has 44 heavy (non-hydrogen) atoms. The molecule has 0 aromatic heterocycles. The average Bonchev–Trinajstić information content (AvgIpc) is 3.06. The van der Waals surface area contributed by atoms with Crippen molar-refractivity contribution in [2.24, 2.45) is 0 Å². The molecule has 3 aromatic rings. The minimum absolute atomic E-state index is 0.121. The highest BCUT2D eigenvalue weighted by Crippen LogP contribution is 2.34. The fourth-order valence-electron chi connectivity index (χ4n) is 6.19. The molecule has 0 radical (unpaired) electrons. The quantitative estimate of drug-likeness (QED) is 0.117. The van der Waals surface area contributed by atoms with Crippen molar-refractivity contribution < 1.29 is 24.4 Å². The fraction of sp³-hybridized carbons (Fsp3) is 0.371. The molecular formula is C35H40N4O5. The van der Waals surface area contributed by atoms with Crippen LogP contribution in [0.2, 0.25) is 0 Å². The molecule has 5 rings (SSSR count). The number of hydrogen-bond donors (Lipinski definition) is 3. The van der Waals surface area contributed by atoms with Crippen LogP contribution in [0.5, 0.6) is 0 Å². The molecule has 0 atom stereocenters. The van der Waals surface area contributed by atoms with E-state index in [1.807, 2.05) is 48.5 Å². The summed E-state index contributed by atoms with van der Waals surface area (Å²) in [4.78, 5) is 55.9. The average molecular weight is 597 g/mol. The molecular weight excluding hydrogens is 556 g/mol. The van der Waals surface area contributed by atoms with Crippen molar-refractivity contribution in [1.29, 1.82) is 0 Å². The van der Waals surface area contributed by atoms with Crippen molar-refractivity contribution in [3.8, 4) is 0 Å². The molecule has 4 amide bonds. The molecule has 9 nitrogen and oxygen atoms in total. The summed E-state index contributed by atoms with van der Waals surface area (Å²) in [6.07, 6.45) is 6.99. The van der Waals surface area contributed by atoms with Gasteiger partial charge in [0.15, 0.2) is 0 Å². The number of fused-ring (bicyclic) bond motifs is 2. The Kier molecular flexibility index (Phi) is 10.4. The number of para-hydroxylation sites is 2. The van der Waals surface area contributed by atoms with Crippen LogP contribution in [0.4, 0.5) is 17.1 Å². The van der Waals surface area contributed by atoms with E-state index >= 15 is 0 Å². The summed E-state index contributed by atoms with van der Waals surface area (Å²) in [6, 6.07) is 22.8. The minimum atomic E-state index is -1.02. The molecule has 3 aromatic carbocycles. The van der Waals surface area contributed by atoms with E-state index in [9.17, 15) is 19.2 Å². The summed E-state index contributed by atoms with van der Waals surface area (Å²) in [5, 5.41) is 11.5. The van der Waals surface area contributed by atoms with Gasteiger partial charge in [-0.2, -0.15) is 0 Å². The van der Waals surface area contributed by atoms with Crippen LogP contribution >= 0.6 is 0 Å². The predicted molar refractivity (Wildman–Crippen MR) is 170 cm³/mol. The molecule has 0 unspecified atom stereocenters. The molecule has 230 valence electrons. The summed E-state index contributed by atoms with van der Waals surface area (Å²) in [6.45, 7) is 1.11. The lowest BCUT2D eigenvalue weighted by atomic mass is 9.91. The van der Waals surface area contributed by atoms with Crippen LogP contribution in [0.3, 0.4) is 0 Å². The Morgan fingerprint density at radius 1 is 0.659 bits per heavy atom. The summed E-state index contributed by atoms with van der Waals surface area (Å²) in [7, 11) is 0. The first-order valence-corrected chi connectivity index (χ1v) is 15.6. The Hall–Kier alpha value is -4.50. The van der Waals surface area contributed by atoms with Gasteiger partial charge in [0.05, 0.1) is 0 Å². The van der Waals surface area contributed by atoms with E-state index in [1.165, 1.54) is 0 Å². The van der Waals surface area contributed by atoms with Crippen molar-refractivity contribution in [3.05, 3.63) is 89.5 Å². The van der Waals surface area contributed by atoms with Crippen LogP contribution in [0.15, 0.2) is 72.8 Å². The van der Waals surface area contributed by atoms with Gasteiger partial charge in [-0.15, -0.1) is 0 Å². The van der Waals surface area contributed by atoms with Gasteiger partial charge in [0, 0.05) is 43.0 Å². The monoisotopic (exact) mass is 596 g/mol. The number of amides is 4. The Morgan fingerprint density at radius 3 is 1.68 bits per heavy atom. The largest absolute Gasteiger partial charge is 0.326 e. The Morgan fingerprint density at radius 2 is 1.16 bits per heavy atom. The highest BCUT2D eigenvalue weighted by atomic mass is 16.5. The van der Waals surface area contributed by atoms with Gasteiger partial charge in [-0.25, -0.2) is 5.48 Å². The van der Waals surface area contributed by atoms with Crippen molar-refractivity contribution in [3.63, 3.8) is 0 Å². The number of hydroxylamine groups is 1. The summed E-state index contributed by atoms with van der Waals surface area (Å²) in [5.74, 6) is -2.02.